The van der Waals surface area contributed by atoms with Gasteiger partial charge in [-0.1, -0.05) is 0 Å². The number of nitrogens with zero attached hydrogens (tertiary/aromatic N) is 2. The lowest BCUT2D eigenvalue weighted by Gasteiger charge is -1.97. The van der Waals surface area contributed by atoms with Crippen molar-refractivity contribution in [3.63, 3.8) is 0 Å². The molecule has 0 unspecified atom stereocenters. The predicted molar refractivity (Wildman–Crippen MR) is 62.7 cm³/mol. The molecule has 0 aliphatic heterocycles. The number of hydrogen-bond acceptors (Lipinski definition) is 0. The van der Waals surface area contributed by atoms with Crippen molar-refractivity contribution in [1.29, 1.82) is 0 Å². The van der Waals surface area contributed by atoms with Gasteiger partial charge in [0.25, 0.3) is 0 Å². The molecule has 0 N–H and O–H groups in total. The van der Waals surface area contributed by atoms with E-state index in [-0.39, 0.29) is 34.0 Å². The summed E-state index contributed by atoms with van der Waals surface area (Å²) in [5.41, 5.74) is 2.61. The van der Waals surface area contributed by atoms with Crippen LogP contribution in [0.15, 0.2) is 49.1 Å². The highest BCUT2D eigenvalue weighted by atomic mass is 79.9. The Labute approximate surface area is 130 Å². The first-order valence-electron chi connectivity index (χ1n) is 5.65. The molecule has 98 valence electrons. The summed E-state index contributed by atoms with van der Waals surface area (Å²) in [5, 5.41) is 0. The highest BCUT2D eigenvalue weighted by Crippen LogP contribution is 1.90. The van der Waals surface area contributed by atoms with Gasteiger partial charge in [-0.05, 0) is 26.0 Å². The summed E-state index contributed by atoms with van der Waals surface area (Å²) in [6.07, 6.45) is 8.58. The Hall–Kier alpha value is -0.740. The lowest BCUT2D eigenvalue weighted by molar-refractivity contribution is -0.778. The zero-order valence-electron chi connectivity index (χ0n) is 10.7. The summed E-state index contributed by atoms with van der Waals surface area (Å²) in [7, 11) is 0. The van der Waals surface area contributed by atoms with E-state index in [0.717, 1.165) is 13.1 Å². The molecular formula is C14H18Br2N2. The van der Waals surface area contributed by atoms with E-state index in [0.29, 0.717) is 0 Å². The quantitative estimate of drug-likeness (QED) is 0.480. The Kier molecular flexibility index (Phi) is 8.03. The van der Waals surface area contributed by atoms with Gasteiger partial charge in [0.1, 0.15) is 0 Å². The Balaban J connectivity index is 0.00000144. The molecule has 0 amide bonds. The number of halogens is 2. The minimum absolute atomic E-state index is 0. The highest BCUT2D eigenvalue weighted by Gasteiger charge is 2.05. The van der Waals surface area contributed by atoms with Crippen LogP contribution in [0.2, 0.25) is 0 Å². The van der Waals surface area contributed by atoms with Gasteiger partial charge >= 0.3 is 0 Å². The van der Waals surface area contributed by atoms with Crippen molar-refractivity contribution in [2.75, 3.05) is 0 Å². The van der Waals surface area contributed by atoms with Crippen LogP contribution in [0.3, 0.4) is 0 Å². The first-order chi connectivity index (χ1) is 7.74. The molecule has 0 aliphatic rings. The molecule has 18 heavy (non-hydrogen) atoms. The summed E-state index contributed by atoms with van der Waals surface area (Å²) >= 11 is 0. The van der Waals surface area contributed by atoms with E-state index in [9.17, 15) is 0 Å². The molecule has 0 atom stereocenters. The second-order valence-electron chi connectivity index (χ2n) is 4.24. The van der Waals surface area contributed by atoms with E-state index in [2.05, 4.69) is 72.0 Å². The average molecular weight is 374 g/mol. The topological polar surface area (TPSA) is 7.76 Å². The molecule has 2 heterocycles. The monoisotopic (exact) mass is 372 g/mol. The van der Waals surface area contributed by atoms with Gasteiger partial charge < -0.3 is 34.0 Å². The largest absolute Gasteiger partial charge is 1.00 e. The van der Waals surface area contributed by atoms with Gasteiger partial charge in [-0.15, -0.1) is 0 Å². The fourth-order valence-corrected chi connectivity index (χ4v) is 1.82. The molecule has 2 aromatic rings. The molecule has 0 aromatic carbocycles. The lowest BCUT2D eigenvalue weighted by atomic mass is 10.3. The van der Waals surface area contributed by atoms with Crippen molar-refractivity contribution in [1.82, 2.24) is 0 Å². The maximum absolute atomic E-state index is 2.23. The number of aryl methyl sites for hydroxylation is 4. The summed E-state index contributed by atoms with van der Waals surface area (Å²) in [6.45, 7) is 6.26. The number of rotatable bonds is 3. The van der Waals surface area contributed by atoms with Crippen molar-refractivity contribution in [2.24, 2.45) is 0 Å². The minimum Gasteiger partial charge on any atom is -1.00 e. The van der Waals surface area contributed by atoms with Crippen LogP contribution < -0.4 is 43.1 Å². The number of aromatic nitrogens is 2. The first-order valence-corrected chi connectivity index (χ1v) is 5.65. The summed E-state index contributed by atoms with van der Waals surface area (Å²) in [4.78, 5) is 0. The van der Waals surface area contributed by atoms with Crippen LogP contribution in [-0.2, 0) is 13.1 Å². The Bertz CT molecular complexity index is 441. The molecule has 0 bridgehead atoms. The van der Waals surface area contributed by atoms with Crippen LogP contribution in [0.1, 0.15) is 11.1 Å². The molecule has 2 nitrogen and oxygen atoms in total. The zero-order valence-corrected chi connectivity index (χ0v) is 13.9. The molecule has 2 rings (SSSR count). The Morgan fingerprint density at radius 1 is 0.778 bits per heavy atom. The standard InChI is InChI=1S/C14H18N2.2BrH/c1-13-5-3-7-15(11-13)9-10-16-8-4-6-14(2)12-16;;/h3-8,11-12H,9-10H2,1-2H3;2*1H/q+2;;/p-2. The van der Waals surface area contributed by atoms with Crippen LogP contribution in [-0.4, -0.2) is 0 Å². The van der Waals surface area contributed by atoms with E-state index in [1.807, 2.05) is 0 Å². The zero-order chi connectivity index (χ0) is 11.4. The SMILES string of the molecule is Cc1ccc[n+](CC[n+]2cccc(C)c2)c1.[Br-].[Br-]. The van der Waals surface area contributed by atoms with Crippen LogP contribution >= 0.6 is 0 Å². The third kappa shape index (κ3) is 5.27. The molecule has 2 aromatic heterocycles. The fraction of sp³-hybridized carbons (Fsp3) is 0.286. The van der Waals surface area contributed by atoms with E-state index in [1.165, 1.54) is 11.1 Å². The molecule has 0 aliphatic carbocycles. The van der Waals surface area contributed by atoms with Crippen LogP contribution in [0.4, 0.5) is 0 Å². The minimum atomic E-state index is 0. The van der Waals surface area contributed by atoms with E-state index >= 15 is 0 Å². The van der Waals surface area contributed by atoms with Gasteiger partial charge in [-0.2, -0.15) is 9.13 Å². The van der Waals surface area contributed by atoms with Crippen molar-refractivity contribution in [2.45, 2.75) is 26.9 Å². The Morgan fingerprint density at radius 3 is 1.50 bits per heavy atom. The smallest absolute Gasteiger partial charge is 0.206 e. The third-order valence-electron chi connectivity index (χ3n) is 2.63. The van der Waals surface area contributed by atoms with Crippen molar-refractivity contribution in [3.05, 3.63) is 60.2 Å². The van der Waals surface area contributed by atoms with E-state index in [1.54, 1.807) is 0 Å². The second-order valence-corrected chi connectivity index (χ2v) is 4.24. The third-order valence-corrected chi connectivity index (χ3v) is 2.63. The summed E-state index contributed by atoms with van der Waals surface area (Å²) in [5.74, 6) is 0. The molecule has 0 saturated heterocycles. The van der Waals surface area contributed by atoms with Gasteiger partial charge in [-0.3, -0.25) is 0 Å². The molecule has 4 heteroatoms. The first kappa shape index (κ1) is 17.3. The van der Waals surface area contributed by atoms with Crippen LogP contribution in [0, 0.1) is 13.8 Å². The average Bonchev–Trinajstić information content (AvgIpc) is 2.27. The molecular weight excluding hydrogens is 356 g/mol. The van der Waals surface area contributed by atoms with Crippen LogP contribution in [0.5, 0.6) is 0 Å². The van der Waals surface area contributed by atoms with E-state index in [4.69, 9.17) is 0 Å². The van der Waals surface area contributed by atoms with Crippen molar-refractivity contribution >= 4 is 0 Å². The van der Waals surface area contributed by atoms with Gasteiger partial charge in [0, 0.05) is 23.3 Å². The molecule has 0 fully saturated rings. The highest BCUT2D eigenvalue weighted by molar-refractivity contribution is 5.01. The summed E-state index contributed by atoms with van der Waals surface area (Å²) in [6, 6.07) is 8.43. The fourth-order valence-electron chi connectivity index (χ4n) is 1.82. The predicted octanol–water partition coefficient (Wildman–Crippen LogP) is -4.41. The molecule has 0 saturated carbocycles. The van der Waals surface area contributed by atoms with Crippen LogP contribution in [0.25, 0.3) is 0 Å². The number of pyridine rings is 2. The summed E-state index contributed by atoms with van der Waals surface area (Å²) < 4.78 is 4.45. The van der Waals surface area contributed by atoms with Gasteiger partial charge in [0.15, 0.2) is 24.8 Å². The van der Waals surface area contributed by atoms with Gasteiger partial charge in [0.05, 0.1) is 0 Å². The van der Waals surface area contributed by atoms with E-state index < -0.39 is 0 Å². The van der Waals surface area contributed by atoms with Crippen molar-refractivity contribution in [3.8, 4) is 0 Å². The Morgan fingerprint density at radius 2 is 1.17 bits per heavy atom. The van der Waals surface area contributed by atoms with Crippen molar-refractivity contribution < 1.29 is 43.1 Å². The second kappa shape index (κ2) is 8.38. The number of hydrogen-bond donors (Lipinski definition) is 0. The molecule has 0 spiro atoms. The van der Waals surface area contributed by atoms with Gasteiger partial charge in [0.2, 0.25) is 13.1 Å². The normalized spacial score (nSPS) is 9.22. The maximum atomic E-state index is 2.23. The molecule has 0 radical (unpaired) electrons. The van der Waals surface area contributed by atoms with Gasteiger partial charge in [-0.25, -0.2) is 0 Å². The maximum Gasteiger partial charge on any atom is 0.206 e. The lowest BCUT2D eigenvalue weighted by Crippen LogP contribution is -3.00.